The van der Waals surface area contributed by atoms with E-state index in [9.17, 15) is 9.59 Å². The van der Waals surface area contributed by atoms with Crippen LogP contribution in [0, 0.1) is 6.92 Å². The van der Waals surface area contributed by atoms with Crippen molar-refractivity contribution in [3.8, 4) is 11.1 Å². The molecule has 4 aromatic rings. The zero-order valence-corrected chi connectivity index (χ0v) is 14.2. The molecular formula is C21H17N3O2. The number of carbonyl (C=O) groups is 1. The number of rotatable bonds is 3. The van der Waals surface area contributed by atoms with E-state index in [0.717, 1.165) is 22.2 Å². The smallest absolute Gasteiger partial charge is 0.322 e. The highest BCUT2D eigenvalue weighted by molar-refractivity contribution is 6.05. The van der Waals surface area contributed by atoms with Gasteiger partial charge in [0.05, 0.1) is 11.0 Å². The van der Waals surface area contributed by atoms with E-state index in [1.54, 1.807) is 6.07 Å². The molecule has 1 aromatic heterocycles. The van der Waals surface area contributed by atoms with Gasteiger partial charge in [-0.3, -0.25) is 4.79 Å². The third-order valence-corrected chi connectivity index (χ3v) is 4.36. The molecule has 0 bridgehead atoms. The number of carbonyl (C=O) groups excluding carboxylic acids is 1. The Bertz CT molecular complexity index is 1140. The van der Waals surface area contributed by atoms with E-state index in [2.05, 4.69) is 15.3 Å². The topological polar surface area (TPSA) is 77.8 Å². The summed E-state index contributed by atoms with van der Waals surface area (Å²) in [4.78, 5) is 29.4. The number of hydrogen-bond acceptors (Lipinski definition) is 2. The van der Waals surface area contributed by atoms with Gasteiger partial charge in [0.2, 0.25) is 0 Å². The van der Waals surface area contributed by atoms with Gasteiger partial charge < -0.3 is 15.3 Å². The average Bonchev–Trinajstić information content (AvgIpc) is 3.01. The Morgan fingerprint density at radius 1 is 0.846 bits per heavy atom. The largest absolute Gasteiger partial charge is 0.323 e. The van der Waals surface area contributed by atoms with E-state index in [4.69, 9.17) is 0 Å². The number of aromatic amines is 2. The molecule has 0 saturated heterocycles. The van der Waals surface area contributed by atoms with E-state index in [1.165, 1.54) is 0 Å². The summed E-state index contributed by atoms with van der Waals surface area (Å²) in [5, 5.41) is 2.91. The molecule has 3 N–H and O–H groups in total. The zero-order valence-electron chi connectivity index (χ0n) is 14.2. The monoisotopic (exact) mass is 343 g/mol. The van der Waals surface area contributed by atoms with Crippen LogP contribution in [0.1, 0.15) is 15.9 Å². The Balaban J connectivity index is 1.58. The average molecular weight is 343 g/mol. The number of imidazole rings is 1. The van der Waals surface area contributed by atoms with Crippen LogP contribution < -0.4 is 11.0 Å². The molecule has 0 unspecified atom stereocenters. The first-order valence-corrected chi connectivity index (χ1v) is 8.29. The van der Waals surface area contributed by atoms with Crippen LogP contribution >= 0.6 is 0 Å². The molecule has 1 heterocycles. The molecule has 0 aliphatic rings. The first-order valence-electron chi connectivity index (χ1n) is 8.29. The highest BCUT2D eigenvalue weighted by Gasteiger charge is 2.10. The minimum Gasteiger partial charge on any atom is -0.322 e. The van der Waals surface area contributed by atoms with Gasteiger partial charge in [-0.25, -0.2) is 4.79 Å². The number of H-pyrrole nitrogens is 2. The lowest BCUT2D eigenvalue weighted by Crippen LogP contribution is -2.12. The van der Waals surface area contributed by atoms with Crippen molar-refractivity contribution in [2.45, 2.75) is 6.92 Å². The number of amides is 1. The number of aryl methyl sites for hydroxylation is 1. The SMILES string of the molecule is Cc1cc2[nH]c(=O)[nH]c2cc1NC(=O)c1ccc(-c2ccccc2)cc1. The number of hydrogen-bond donors (Lipinski definition) is 3. The van der Waals surface area contributed by atoms with Crippen LogP contribution in [0.5, 0.6) is 0 Å². The van der Waals surface area contributed by atoms with Crippen LogP contribution in [0.2, 0.25) is 0 Å². The molecule has 0 spiro atoms. The lowest BCUT2D eigenvalue weighted by atomic mass is 10.0. The molecule has 0 saturated carbocycles. The molecule has 0 radical (unpaired) electrons. The lowest BCUT2D eigenvalue weighted by Gasteiger charge is -2.09. The quantitative estimate of drug-likeness (QED) is 0.524. The second-order valence-corrected chi connectivity index (χ2v) is 6.19. The van der Waals surface area contributed by atoms with Gasteiger partial charge in [-0.05, 0) is 47.9 Å². The number of nitrogens with one attached hydrogen (secondary N) is 3. The van der Waals surface area contributed by atoms with Gasteiger partial charge in [0.25, 0.3) is 5.91 Å². The molecule has 0 aliphatic heterocycles. The second kappa shape index (κ2) is 6.37. The number of fused-ring (bicyclic) bond motifs is 1. The Morgan fingerprint density at radius 2 is 1.46 bits per heavy atom. The summed E-state index contributed by atoms with van der Waals surface area (Å²) >= 11 is 0. The molecule has 3 aromatic carbocycles. The third kappa shape index (κ3) is 3.02. The maximum absolute atomic E-state index is 12.6. The van der Waals surface area contributed by atoms with Crippen LogP contribution in [-0.4, -0.2) is 15.9 Å². The van der Waals surface area contributed by atoms with Gasteiger partial charge in [0.1, 0.15) is 0 Å². The second-order valence-electron chi connectivity index (χ2n) is 6.19. The van der Waals surface area contributed by atoms with Crippen molar-refractivity contribution in [1.82, 2.24) is 9.97 Å². The van der Waals surface area contributed by atoms with Crippen LogP contribution in [-0.2, 0) is 0 Å². The minimum atomic E-state index is -0.264. The molecule has 0 aliphatic carbocycles. The van der Waals surface area contributed by atoms with Crippen molar-refractivity contribution in [2.75, 3.05) is 5.32 Å². The predicted octanol–water partition coefficient (Wildman–Crippen LogP) is 4.08. The maximum Gasteiger partial charge on any atom is 0.323 e. The van der Waals surface area contributed by atoms with Crippen LogP contribution in [0.4, 0.5) is 5.69 Å². The van der Waals surface area contributed by atoms with E-state index in [0.29, 0.717) is 16.8 Å². The Labute approximate surface area is 149 Å². The summed E-state index contributed by atoms with van der Waals surface area (Å²) in [6.07, 6.45) is 0. The van der Waals surface area contributed by atoms with Crippen molar-refractivity contribution in [3.63, 3.8) is 0 Å². The van der Waals surface area contributed by atoms with Gasteiger partial charge >= 0.3 is 5.69 Å². The standard InChI is InChI=1S/C21H17N3O2/c1-13-11-18-19(24-21(26)23-18)12-17(13)22-20(25)16-9-7-15(8-10-16)14-5-3-2-4-6-14/h2-12H,1H3,(H,22,25)(H2,23,24,26). The fraction of sp³-hybridized carbons (Fsp3) is 0.0476. The van der Waals surface area contributed by atoms with Crippen LogP contribution in [0.15, 0.2) is 71.5 Å². The molecule has 26 heavy (non-hydrogen) atoms. The van der Waals surface area contributed by atoms with Gasteiger partial charge in [-0.2, -0.15) is 0 Å². The number of anilines is 1. The molecule has 5 nitrogen and oxygen atoms in total. The van der Waals surface area contributed by atoms with Crippen molar-refractivity contribution in [3.05, 3.63) is 88.3 Å². The molecular weight excluding hydrogens is 326 g/mol. The van der Waals surface area contributed by atoms with E-state index in [1.807, 2.05) is 67.6 Å². The first kappa shape index (κ1) is 15.9. The molecule has 128 valence electrons. The Morgan fingerprint density at radius 3 is 2.15 bits per heavy atom. The summed E-state index contributed by atoms with van der Waals surface area (Å²) in [6.45, 7) is 1.89. The summed E-state index contributed by atoms with van der Waals surface area (Å²) < 4.78 is 0. The van der Waals surface area contributed by atoms with E-state index < -0.39 is 0 Å². The van der Waals surface area contributed by atoms with Crippen LogP contribution in [0.25, 0.3) is 22.2 Å². The number of aromatic nitrogens is 2. The van der Waals surface area contributed by atoms with Crippen molar-refractivity contribution < 1.29 is 4.79 Å². The molecule has 0 fully saturated rings. The lowest BCUT2D eigenvalue weighted by molar-refractivity contribution is 0.102. The van der Waals surface area contributed by atoms with E-state index in [-0.39, 0.29) is 11.6 Å². The summed E-state index contributed by atoms with van der Waals surface area (Å²) in [5.41, 5.74) is 5.41. The Kier molecular flexibility index (Phi) is 3.89. The minimum absolute atomic E-state index is 0.190. The number of benzene rings is 3. The van der Waals surface area contributed by atoms with Gasteiger partial charge in [0.15, 0.2) is 0 Å². The fourth-order valence-corrected chi connectivity index (χ4v) is 2.96. The van der Waals surface area contributed by atoms with E-state index >= 15 is 0 Å². The summed E-state index contributed by atoms with van der Waals surface area (Å²) in [6, 6.07) is 21.1. The summed E-state index contributed by atoms with van der Waals surface area (Å²) in [7, 11) is 0. The molecule has 4 rings (SSSR count). The first-order chi connectivity index (χ1) is 12.6. The molecule has 0 atom stereocenters. The Hall–Kier alpha value is -3.60. The highest BCUT2D eigenvalue weighted by atomic mass is 16.2. The highest BCUT2D eigenvalue weighted by Crippen LogP contribution is 2.22. The normalized spacial score (nSPS) is 10.8. The fourth-order valence-electron chi connectivity index (χ4n) is 2.96. The van der Waals surface area contributed by atoms with Crippen LogP contribution in [0.3, 0.4) is 0 Å². The molecule has 5 heteroatoms. The zero-order chi connectivity index (χ0) is 18.1. The van der Waals surface area contributed by atoms with Gasteiger partial charge in [0, 0.05) is 11.3 Å². The van der Waals surface area contributed by atoms with Gasteiger partial charge in [-0.1, -0.05) is 42.5 Å². The van der Waals surface area contributed by atoms with Crippen molar-refractivity contribution in [2.24, 2.45) is 0 Å². The van der Waals surface area contributed by atoms with Crippen molar-refractivity contribution in [1.29, 1.82) is 0 Å². The third-order valence-electron chi connectivity index (χ3n) is 4.36. The van der Waals surface area contributed by atoms with Gasteiger partial charge in [-0.15, -0.1) is 0 Å². The predicted molar refractivity (Wildman–Crippen MR) is 103 cm³/mol. The maximum atomic E-state index is 12.6. The van der Waals surface area contributed by atoms with Crippen molar-refractivity contribution >= 4 is 22.6 Å². The molecule has 1 amide bonds. The summed E-state index contributed by atoms with van der Waals surface area (Å²) in [5.74, 6) is -0.190.